The molecule has 0 bridgehead atoms. The van der Waals surface area contributed by atoms with E-state index >= 15 is 0 Å². The molecule has 4 aromatic rings. The normalized spacial score (nSPS) is 17.0. The van der Waals surface area contributed by atoms with Gasteiger partial charge < -0.3 is 19.6 Å². The zero-order valence-electron chi connectivity index (χ0n) is 22.8. The summed E-state index contributed by atoms with van der Waals surface area (Å²) >= 11 is 8.18. The maximum absolute atomic E-state index is 14.3. The number of hydrogen-bond acceptors (Lipinski definition) is 5. The van der Waals surface area contributed by atoms with Crippen molar-refractivity contribution in [2.45, 2.75) is 51.2 Å². The predicted octanol–water partition coefficient (Wildman–Crippen LogP) is 7.50. The number of ether oxygens (including phenoxy) is 1. The first-order chi connectivity index (χ1) is 19.3. The summed E-state index contributed by atoms with van der Waals surface area (Å²) in [6.45, 7) is 2.29. The molecule has 0 saturated heterocycles. The number of carboxylic acid groups (broad SMARTS) is 1. The number of rotatable bonds is 7. The Hall–Kier alpha value is -3.62. The van der Waals surface area contributed by atoms with Crippen LogP contribution in [0.15, 0.2) is 60.8 Å². The summed E-state index contributed by atoms with van der Waals surface area (Å²) in [7, 11) is 3.25. The molecular weight excluding hydrogens is 546 g/mol. The monoisotopic (exact) mass is 577 g/mol. The number of amides is 2. The van der Waals surface area contributed by atoms with Crippen LogP contribution in [0.1, 0.15) is 46.6 Å². The van der Waals surface area contributed by atoms with Crippen molar-refractivity contribution in [2.75, 3.05) is 14.2 Å². The highest BCUT2D eigenvalue weighted by molar-refractivity contribution is 7.21. The van der Waals surface area contributed by atoms with Crippen molar-refractivity contribution in [1.29, 1.82) is 0 Å². The molecule has 1 N–H and O–H groups in total. The molecule has 40 heavy (non-hydrogen) atoms. The van der Waals surface area contributed by atoms with Crippen LogP contribution in [0, 0.1) is 6.92 Å². The molecule has 2 aromatic heterocycles. The summed E-state index contributed by atoms with van der Waals surface area (Å²) in [6, 6.07) is 17.6. The number of methoxy groups -OCH3 is 1. The van der Waals surface area contributed by atoms with E-state index in [0.717, 1.165) is 32.5 Å². The van der Waals surface area contributed by atoms with Gasteiger partial charge in [-0.1, -0.05) is 41.9 Å². The zero-order valence-corrected chi connectivity index (χ0v) is 24.3. The third-order valence-corrected chi connectivity index (χ3v) is 9.48. The third-order valence-electron chi connectivity index (χ3n) is 7.81. The highest BCUT2D eigenvalue weighted by Gasteiger charge is 2.34. The minimum absolute atomic E-state index is 0.0643. The van der Waals surface area contributed by atoms with Crippen LogP contribution in [0.5, 0.6) is 5.75 Å². The zero-order chi connectivity index (χ0) is 28.4. The molecule has 0 aliphatic heterocycles. The molecule has 208 valence electrons. The molecule has 2 aromatic carbocycles. The average Bonchev–Trinajstić information content (AvgIpc) is 3.32. The Morgan fingerprint density at radius 1 is 1.05 bits per heavy atom. The van der Waals surface area contributed by atoms with E-state index in [-0.39, 0.29) is 18.0 Å². The van der Waals surface area contributed by atoms with Crippen molar-refractivity contribution < 1.29 is 19.4 Å². The summed E-state index contributed by atoms with van der Waals surface area (Å²) in [4.78, 5) is 34.0. The molecule has 7 nitrogen and oxygen atoms in total. The Kier molecular flexibility index (Phi) is 8.28. The van der Waals surface area contributed by atoms with Gasteiger partial charge in [-0.05, 0) is 62.4 Å². The summed E-state index contributed by atoms with van der Waals surface area (Å²) < 4.78 is 6.69. The lowest BCUT2D eigenvalue weighted by molar-refractivity contribution is 0.0555. The standard InChI is InChI=1S/C31H32ClN3O4S/c1-19-8-9-21(17-33-19)20-10-15-26(39-3)22(16-20)18-35(24-13-11-23(12-14-24)34(2)31(37)38)30(36)29-28(32)25-6-4-5-7-27(25)40-29/h4-10,15-17,23-24H,11-14,18H2,1-3H3,(H,37,38). The lowest BCUT2D eigenvalue weighted by atomic mass is 9.89. The van der Waals surface area contributed by atoms with Gasteiger partial charge in [0.1, 0.15) is 10.6 Å². The Bertz CT molecular complexity index is 1530. The minimum Gasteiger partial charge on any atom is -0.496 e. The molecule has 0 spiro atoms. The van der Waals surface area contributed by atoms with Gasteiger partial charge in [0, 0.05) is 58.8 Å². The van der Waals surface area contributed by atoms with Crippen molar-refractivity contribution in [3.8, 4) is 16.9 Å². The smallest absolute Gasteiger partial charge is 0.407 e. The van der Waals surface area contributed by atoms with Crippen molar-refractivity contribution in [3.63, 3.8) is 0 Å². The van der Waals surface area contributed by atoms with E-state index in [4.69, 9.17) is 16.3 Å². The van der Waals surface area contributed by atoms with E-state index in [1.54, 1.807) is 14.2 Å². The summed E-state index contributed by atoms with van der Waals surface area (Å²) in [6.07, 6.45) is 3.68. The first kappa shape index (κ1) is 27.9. The summed E-state index contributed by atoms with van der Waals surface area (Å²) in [5.74, 6) is 0.578. The topological polar surface area (TPSA) is 83.0 Å². The Morgan fingerprint density at radius 3 is 2.40 bits per heavy atom. The van der Waals surface area contributed by atoms with Gasteiger partial charge in [0.2, 0.25) is 0 Å². The van der Waals surface area contributed by atoms with Crippen LogP contribution >= 0.6 is 22.9 Å². The highest BCUT2D eigenvalue weighted by atomic mass is 35.5. The van der Waals surface area contributed by atoms with Gasteiger partial charge >= 0.3 is 6.09 Å². The molecule has 5 rings (SSSR count). The first-order valence-electron chi connectivity index (χ1n) is 13.3. The van der Waals surface area contributed by atoms with E-state index in [1.807, 2.05) is 66.6 Å². The van der Waals surface area contributed by atoms with Gasteiger partial charge in [-0.25, -0.2) is 4.79 Å². The average molecular weight is 578 g/mol. The fourth-order valence-electron chi connectivity index (χ4n) is 5.47. The fraction of sp³-hybridized carbons (Fsp3) is 0.323. The van der Waals surface area contributed by atoms with E-state index in [1.165, 1.54) is 16.2 Å². The molecule has 2 amide bonds. The Balaban J connectivity index is 1.50. The van der Waals surface area contributed by atoms with Gasteiger partial charge in [-0.2, -0.15) is 0 Å². The number of halogens is 1. The number of carbonyl (C=O) groups is 2. The molecule has 1 aliphatic rings. The second-order valence-electron chi connectivity index (χ2n) is 10.2. The fourth-order valence-corrected chi connectivity index (χ4v) is 6.93. The number of pyridine rings is 1. The van der Waals surface area contributed by atoms with Crippen LogP contribution in [0.25, 0.3) is 21.2 Å². The maximum Gasteiger partial charge on any atom is 0.407 e. The second kappa shape index (κ2) is 11.9. The van der Waals surface area contributed by atoms with Gasteiger partial charge in [0.25, 0.3) is 5.91 Å². The van der Waals surface area contributed by atoms with Crippen molar-refractivity contribution in [1.82, 2.24) is 14.8 Å². The van der Waals surface area contributed by atoms with Crippen molar-refractivity contribution >= 4 is 45.0 Å². The number of benzene rings is 2. The molecular formula is C31H32ClN3O4S. The molecule has 2 heterocycles. The molecule has 1 fully saturated rings. The number of hydrogen-bond donors (Lipinski definition) is 1. The number of nitrogens with zero attached hydrogens (tertiary/aromatic N) is 3. The molecule has 9 heteroatoms. The predicted molar refractivity (Wildman–Crippen MR) is 160 cm³/mol. The van der Waals surface area contributed by atoms with Crippen LogP contribution in [0.4, 0.5) is 4.79 Å². The van der Waals surface area contributed by atoms with Gasteiger partial charge in [0.15, 0.2) is 0 Å². The lowest BCUT2D eigenvalue weighted by Gasteiger charge is -2.39. The number of fused-ring (bicyclic) bond motifs is 1. The second-order valence-corrected chi connectivity index (χ2v) is 11.7. The van der Waals surface area contributed by atoms with E-state index in [2.05, 4.69) is 11.1 Å². The van der Waals surface area contributed by atoms with Crippen LogP contribution < -0.4 is 4.74 Å². The largest absolute Gasteiger partial charge is 0.496 e. The van der Waals surface area contributed by atoms with Gasteiger partial charge in [-0.15, -0.1) is 11.3 Å². The Morgan fingerprint density at radius 2 is 1.75 bits per heavy atom. The molecule has 0 atom stereocenters. The van der Waals surface area contributed by atoms with Gasteiger partial charge in [0.05, 0.1) is 12.1 Å². The first-order valence-corrected chi connectivity index (χ1v) is 14.5. The van der Waals surface area contributed by atoms with E-state index in [0.29, 0.717) is 47.9 Å². The van der Waals surface area contributed by atoms with Crippen LogP contribution in [0.2, 0.25) is 5.02 Å². The van der Waals surface area contributed by atoms with Crippen LogP contribution in [-0.2, 0) is 6.54 Å². The SMILES string of the molecule is COc1ccc(-c2ccc(C)nc2)cc1CN(C(=O)c1sc2ccccc2c1Cl)C1CCC(N(C)C(=O)O)CC1. The summed E-state index contributed by atoms with van der Waals surface area (Å²) in [5, 5.41) is 10.8. The molecule has 1 saturated carbocycles. The molecule has 1 aliphatic carbocycles. The third kappa shape index (κ3) is 5.64. The molecule has 0 unspecified atom stereocenters. The van der Waals surface area contributed by atoms with Crippen LogP contribution in [0.3, 0.4) is 0 Å². The number of thiophene rings is 1. The van der Waals surface area contributed by atoms with Crippen molar-refractivity contribution in [2.24, 2.45) is 0 Å². The van der Waals surface area contributed by atoms with E-state index < -0.39 is 6.09 Å². The molecule has 0 radical (unpaired) electrons. The number of aryl methyl sites for hydroxylation is 1. The number of carbonyl (C=O) groups excluding carboxylic acids is 1. The quantitative estimate of drug-likeness (QED) is 0.246. The maximum atomic E-state index is 14.3. The highest BCUT2D eigenvalue weighted by Crippen LogP contribution is 2.38. The van der Waals surface area contributed by atoms with Crippen LogP contribution in [-0.4, -0.2) is 58.1 Å². The number of aromatic nitrogens is 1. The lowest BCUT2D eigenvalue weighted by Crippen LogP contribution is -2.46. The van der Waals surface area contributed by atoms with Crippen molar-refractivity contribution in [3.05, 3.63) is 82.0 Å². The van der Waals surface area contributed by atoms with E-state index in [9.17, 15) is 14.7 Å². The Labute approximate surface area is 243 Å². The minimum atomic E-state index is -0.930. The summed E-state index contributed by atoms with van der Waals surface area (Å²) in [5.41, 5.74) is 3.80. The van der Waals surface area contributed by atoms with Gasteiger partial charge in [-0.3, -0.25) is 9.78 Å².